The van der Waals surface area contributed by atoms with Crippen LogP contribution in [0, 0.1) is 5.92 Å². The van der Waals surface area contributed by atoms with E-state index in [4.69, 9.17) is 10.7 Å². The van der Waals surface area contributed by atoms with Gasteiger partial charge in [0.05, 0.1) is 0 Å². The topological polar surface area (TPSA) is 52.0 Å². The fraction of sp³-hybridized carbons (Fsp3) is 0.625. The number of nitrogens with zero attached hydrogens (tertiary/aromatic N) is 2. The molecule has 0 bridgehead atoms. The Labute approximate surface area is 87.3 Å². The lowest BCUT2D eigenvalue weighted by molar-refractivity contribution is 0.600. The largest absolute Gasteiger partial charge is 0.280 e. The van der Waals surface area contributed by atoms with Crippen molar-refractivity contribution in [1.29, 1.82) is 0 Å². The molecule has 1 aliphatic carbocycles. The number of aryl methyl sites for hydroxylation is 1. The van der Waals surface area contributed by atoms with Gasteiger partial charge in [0.15, 0.2) is 5.03 Å². The highest BCUT2D eigenvalue weighted by atomic mass is 35.7. The van der Waals surface area contributed by atoms with Gasteiger partial charge in [-0.1, -0.05) is 0 Å². The zero-order valence-electron chi connectivity index (χ0n) is 7.77. The summed E-state index contributed by atoms with van der Waals surface area (Å²) in [4.78, 5) is 0. The molecule has 1 aliphatic rings. The summed E-state index contributed by atoms with van der Waals surface area (Å²) in [5, 5.41) is 3.82. The molecule has 0 radical (unpaired) electrons. The molecule has 0 amide bonds. The molecule has 0 atom stereocenters. The van der Waals surface area contributed by atoms with E-state index in [-0.39, 0.29) is 5.03 Å². The second-order valence-electron chi connectivity index (χ2n) is 3.68. The molecular formula is C8H11ClN2O2S. The summed E-state index contributed by atoms with van der Waals surface area (Å²) in [5.41, 5.74) is 0.937. The van der Waals surface area contributed by atoms with Crippen molar-refractivity contribution in [3.8, 4) is 0 Å². The Hall–Kier alpha value is -0.550. The predicted molar refractivity (Wildman–Crippen MR) is 52.7 cm³/mol. The maximum absolute atomic E-state index is 11.0. The van der Waals surface area contributed by atoms with Gasteiger partial charge in [0.2, 0.25) is 0 Å². The van der Waals surface area contributed by atoms with Crippen LogP contribution in [-0.2, 0) is 22.5 Å². The van der Waals surface area contributed by atoms with Crippen LogP contribution in [0.1, 0.15) is 18.5 Å². The normalized spacial score (nSPS) is 17.3. The monoisotopic (exact) mass is 234 g/mol. The lowest BCUT2D eigenvalue weighted by atomic mass is 10.2. The molecule has 0 unspecified atom stereocenters. The molecule has 0 saturated heterocycles. The highest BCUT2D eigenvalue weighted by molar-refractivity contribution is 8.13. The first-order valence-corrected chi connectivity index (χ1v) is 6.75. The quantitative estimate of drug-likeness (QED) is 0.741. The van der Waals surface area contributed by atoms with Gasteiger partial charge in [-0.15, -0.1) is 0 Å². The third-order valence-corrected chi connectivity index (χ3v) is 3.57. The van der Waals surface area contributed by atoms with Gasteiger partial charge in [0.25, 0.3) is 9.05 Å². The van der Waals surface area contributed by atoms with E-state index in [1.54, 1.807) is 17.8 Å². The number of hydrogen-bond acceptors (Lipinski definition) is 3. The lowest BCUT2D eigenvalue weighted by Crippen LogP contribution is -1.99. The van der Waals surface area contributed by atoms with Crippen molar-refractivity contribution in [1.82, 2.24) is 9.78 Å². The van der Waals surface area contributed by atoms with Gasteiger partial charge in [-0.2, -0.15) is 5.10 Å². The zero-order chi connectivity index (χ0) is 10.3. The first-order valence-electron chi connectivity index (χ1n) is 4.44. The molecule has 78 valence electrons. The summed E-state index contributed by atoms with van der Waals surface area (Å²) in [6.07, 6.45) is 3.36. The minimum absolute atomic E-state index is 0.0442. The van der Waals surface area contributed by atoms with Crippen molar-refractivity contribution >= 4 is 19.7 Å². The molecule has 4 nitrogen and oxygen atoms in total. The molecule has 14 heavy (non-hydrogen) atoms. The minimum atomic E-state index is -3.68. The Morgan fingerprint density at radius 1 is 1.64 bits per heavy atom. The van der Waals surface area contributed by atoms with Crippen LogP contribution < -0.4 is 0 Å². The Kier molecular flexibility index (Phi) is 2.31. The molecule has 1 aromatic rings. The van der Waals surface area contributed by atoms with Crippen molar-refractivity contribution in [3.05, 3.63) is 11.8 Å². The molecule has 6 heteroatoms. The molecule has 2 rings (SSSR count). The summed E-state index contributed by atoms with van der Waals surface area (Å²) in [6, 6.07) is 1.56. The Morgan fingerprint density at radius 3 is 2.71 bits per heavy atom. The van der Waals surface area contributed by atoms with Gasteiger partial charge in [-0.05, 0) is 31.2 Å². The summed E-state index contributed by atoms with van der Waals surface area (Å²) in [6.45, 7) is 0. The second-order valence-corrected chi connectivity index (χ2v) is 6.20. The summed E-state index contributed by atoms with van der Waals surface area (Å²) < 4.78 is 23.6. The highest BCUT2D eigenvalue weighted by Crippen LogP contribution is 2.32. The third kappa shape index (κ3) is 2.09. The predicted octanol–water partition coefficient (Wildman–Crippen LogP) is 1.30. The van der Waals surface area contributed by atoms with Crippen LogP contribution in [0.2, 0.25) is 0 Å². The minimum Gasteiger partial charge on any atom is -0.271 e. The van der Waals surface area contributed by atoms with Crippen molar-refractivity contribution < 1.29 is 8.42 Å². The van der Waals surface area contributed by atoms with Crippen molar-refractivity contribution in [3.63, 3.8) is 0 Å². The summed E-state index contributed by atoms with van der Waals surface area (Å²) >= 11 is 0. The Bertz CT molecular complexity index is 448. The number of aromatic nitrogens is 2. The molecular weight excluding hydrogens is 224 g/mol. The maximum Gasteiger partial charge on any atom is 0.280 e. The average molecular weight is 235 g/mol. The van der Waals surface area contributed by atoms with E-state index in [1.807, 2.05) is 0 Å². The van der Waals surface area contributed by atoms with Gasteiger partial charge in [-0.3, -0.25) is 4.68 Å². The zero-order valence-corrected chi connectivity index (χ0v) is 9.35. The van der Waals surface area contributed by atoms with Crippen LogP contribution in [0.15, 0.2) is 11.1 Å². The van der Waals surface area contributed by atoms with E-state index in [9.17, 15) is 8.42 Å². The van der Waals surface area contributed by atoms with Gasteiger partial charge < -0.3 is 0 Å². The standard InChI is InChI=1S/C8H11ClN2O2S/c1-11-7(4-6-2-3-6)5-8(10-11)14(9,12)13/h5-6H,2-4H2,1H3. The van der Waals surface area contributed by atoms with E-state index >= 15 is 0 Å². The lowest BCUT2D eigenvalue weighted by Gasteiger charge is -1.97. The fourth-order valence-electron chi connectivity index (χ4n) is 1.40. The molecule has 1 saturated carbocycles. The molecule has 1 fully saturated rings. The van der Waals surface area contributed by atoms with Crippen LogP contribution in [-0.4, -0.2) is 18.2 Å². The molecule has 0 N–H and O–H groups in total. The smallest absolute Gasteiger partial charge is 0.271 e. The van der Waals surface area contributed by atoms with E-state index in [0.29, 0.717) is 5.92 Å². The van der Waals surface area contributed by atoms with Gasteiger partial charge >= 0.3 is 0 Å². The van der Waals surface area contributed by atoms with Crippen molar-refractivity contribution in [2.75, 3.05) is 0 Å². The van der Waals surface area contributed by atoms with Crippen LogP contribution in [0.5, 0.6) is 0 Å². The van der Waals surface area contributed by atoms with Crippen molar-refractivity contribution in [2.24, 2.45) is 13.0 Å². The van der Waals surface area contributed by atoms with Gasteiger partial charge in [-0.25, -0.2) is 8.42 Å². The van der Waals surface area contributed by atoms with Crippen LogP contribution in [0.25, 0.3) is 0 Å². The Morgan fingerprint density at radius 2 is 2.29 bits per heavy atom. The average Bonchev–Trinajstić information content (AvgIpc) is 2.76. The molecule has 0 spiro atoms. The van der Waals surface area contributed by atoms with E-state index in [1.165, 1.54) is 12.8 Å². The maximum atomic E-state index is 11.0. The van der Waals surface area contributed by atoms with E-state index in [0.717, 1.165) is 12.1 Å². The second kappa shape index (κ2) is 3.24. The van der Waals surface area contributed by atoms with Crippen LogP contribution in [0.3, 0.4) is 0 Å². The number of halogens is 1. The van der Waals surface area contributed by atoms with E-state index < -0.39 is 9.05 Å². The van der Waals surface area contributed by atoms with E-state index in [2.05, 4.69) is 5.10 Å². The first-order chi connectivity index (χ1) is 6.47. The summed E-state index contributed by atoms with van der Waals surface area (Å²) in [5.74, 6) is 0.705. The fourth-order valence-corrected chi connectivity index (χ4v) is 2.13. The number of rotatable bonds is 3. The van der Waals surface area contributed by atoms with Crippen molar-refractivity contribution in [2.45, 2.75) is 24.3 Å². The number of hydrogen-bond donors (Lipinski definition) is 0. The van der Waals surface area contributed by atoms with Gasteiger partial charge in [0.1, 0.15) is 0 Å². The van der Waals surface area contributed by atoms with Gasteiger partial charge in [0, 0.05) is 23.4 Å². The SMILES string of the molecule is Cn1nc(S(=O)(=O)Cl)cc1CC1CC1. The van der Waals surface area contributed by atoms with Crippen LogP contribution in [0.4, 0.5) is 0 Å². The third-order valence-electron chi connectivity index (χ3n) is 2.40. The highest BCUT2D eigenvalue weighted by Gasteiger charge is 2.24. The first kappa shape index (κ1) is 9.98. The molecule has 1 aromatic heterocycles. The van der Waals surface area contributed by atoms with Crippen LogP contribution >= 0.6 is 10.7 Å². The summed E-state index contributed by atoms with van der Waals surface area (Å²) in [7, 11) is 3.25. The molecule has 0 aromatic carbocycles. The Balaban J connectivity index is 2.28. The molecule has 0 aliphatic heterocycles. The molecule has 1 heterocycles.